The number of rotatable bonds is 3. The number of pyridine rings is 1. The fourth-order valence-corrected chi connectivity index (χ4v) is 5.54. The lowest BCUT2D eigenvalue weighted by molar-refractivity contribution is 0.411. The van der Waals surface area contributed by atoms with Crippen LogP contribution in [-0.2, 0) is 0 Å². The Morgan fingerprint density at radius 2 is 2.26 bits per heavy atom. The Hall–Kier alpha value is -2.40. The van der Waals surface area contributed by atoms with Crippen LogP contribution in [-0.4, -0.2) is 21.0 Å². The van der Waals surface area contributed by atoms with E-state index in [0.717, 1.165) is 30.2 Å². The van der Waals surface area contributed by atoms with Gasteiger partial charge in [0, 0.05) is 23.7 Å². The van der Waals surface area contributed by atoms with Crippen molar-refractivity contribution in [1.29, 1.82) is 5.26 Å². The molecule has 3 aromatic rings. The van der Waals surface area contributed by atoms with Gasteiger partial charge in [0.05, 0.1) is 22.3 Å². The topological polar surface area (TPSA) is 82.7 Å². The van der Waals surface area contributed by atoms with Gasteiger partial charge in [-0.3, -0.25) is 13.7 Å². The number of benzene rings is 1. The first-order valence-electron chi connectivity index (χ1n) is 8.88. The fourth-order valence-electron chi connectivity index (χ4n) is 4.22. The molecule has 3 atom stereocenters. The second-order valence-corrected chi connectivity index (χ2v) is 8.40. The number of anilines is 2. The number of nitrogens with zero attached hydrogens (tertiary/aromatic N) is 3. The highest BCUT2D eigenvalue weighted by atomic mass is 35.5. The third-order valence-electron chi connectivity index (χ3n) is 5.48. The molecule has 2 aromatic heterocycles. The van der Waals surface area contributed by atoms with Gasteiger partial charge in [-0.25, -0.2) is 0 Å². The Bertz CT molecular complexity index is 1150. The number of nitrogens with one attached hydrogen (secondary N) is 2. The van der Waals surface area contributed by atoms with Crippen LogP contribution in [0.3, 0.4) is 0 Å². The van der Waals surface area contributed by atoms with Gasteiger partial charge < -0.3 is 10.6 Å². The average molecular weight is 398 g/mol. The summed E-state index contributed by atoms with van der Waals surface area (Å²) in [6, 6.07) is 10.4. The van der Waals surface area contributed by atoms with E-state index in [1.54, 1.807) is 16.2 Å². The molecule has 2 bridgehead atoms. The van der Waals surface area contributed by atoms with Gasteiger partial charge in [-0.05, 0) is 55.1 Å². The summed E-state index contributed by atoms with van der Waals surface area (Å²) in [7, 11) is 0. The Morgan fingerprint density at radius 1 is 1.37 bits per heavy atom. The smallest absolute Gasteiger partial charge is 0.281 e. The Kier molecular flexibility index (Phi) is 3.93. The number of fused-ring (bicyclic) bond motifs is 3. The lowest BCUT2D eigenvalue weighted by Crippen LogP contribution is -2.30. The van der Waals surface area contributed by atoms with Crippen LogP contribution < -0.4 is 16.2 Å². The van der Waals surface area contributed by atoms with Crippen molar-refractivity contribution >= 4 is 44.7 Å². The van der Waals surface area contributed by atoms with Crippen LogP contribution >= 0.6 is 23.1 Å². The Labute approximate surface area is 164 Å². The molecular formula is C19H16ClN5OS. The molecule has 136 valence electrons. The molecular weight excluding hydrogens is 382 g/mol. The van der Waals surface area contributed by atoms with Crippen molar-refractivity contribution in [3.05, 3.63) is 51.4 Å². The van der Waals surface area contributed by atoms with Crippen molar-refractivity contribution in [2.24, 2.45) is 0 Å². The largest absolute Gasteiger partial charge is 0.343 e. The van der Waals surface area contributed by atoms with Crippen LogP contribution in [0.5, 0.6) is 0 Å². The molecule has 2 saturated heterocycles. The van der Waals surface area contributed by atoms with E-state index in [1.165, 1.54) is 11.5 Å². The molecule has 8 heteroatoms. The molecule has 2 aliphatic heterocycles. The molecule has 5 rings (SSSR count). The van der Waals surface area contributed by atoms with Gasteiger partial charge in [-0.1, -0.05) is 11.6 Å². The van der Waals surface area contributed by atoms with E-state index in [2.05, 4.69) is 21.7 Å². The second-order valence-electron chi connectivity index (χ2n) is 7.01. The molecule has 2 fully saturated rings. The average Bonchev–Trinajstić information content (AvgIpc) is 3.38. The van der Waals surface area contributed by atoms with Crippen molar-refractivity contribution < 1.29 is 0 Å². The lowest BCUT2D eigenvalue weighted by Gasteiger charge is -2.19. The maximum Gasteiger partial charge on any atom is 0.281 e. The zero-order valence-corrected chi connectivity index (χ0v) is 15.8. The number of hydrogen-bond acceptors (Lipinski definition) is 6. The van der Waals surface area contributed by atoms with Crippen LogP contribution in [0.1, 0.15) is 30.9 Å². The minimum absolute atomic E-state index is 0.119. The monoisotopic (exact) mass is 397 g/mol. The first-order chi connectivity index (χ1) is 13.2. The van der Waals surface area contributed by atoms with E-state index in [9.17, 15) is 10.1 Å². The Morgan fingerprint density at radius 3 is 3.00 bits per heavy atom. The van der Waals surface area contributed by atoms with Gasteiger partial charge in [0.25, 0.3) is 5.56 Å². The molecule has 0 aliphatic carbocycles. The maximum atomic E-state index is 12.9. The molecule has 6 nitrogen and oxygen atoms in total. The van der Waals surface area contributed by atoms with E-state index in [1.807, 2.05) is 18.2 Å². The van der Waals surface area contributed by atoms with Crippen LogP contribution in [0, 0.1) is 11.3 Å². The van der Waals surface area contributed by atoms with Gasteiger partial charge in [0.1, 0.15) is 11.1 Å². The van der Waals surface area contributed by atoms with Gasteiger partial charge in [-0.15, -0.1) is 0 Å². The van der Waals surface area contributed by atoms with Gasteiger partial charge in [-0.2, -0.15) is 5.26 Å². The lowest BCUT2D eigenvalue weighted by atomic mass is 9.96. The molecule has 0 amide bonds. The summed E-state index contributed by atoms with van der Waals surface area (Å²) in [6.07, 6.45) is 4.90. The molecule has 2 N–H and O–H groups in total. The predicted molar refractivity (Wildman–Crippen MR) is 107 cm³/mol. The van der Waals surface area contributed by atoms with Crippen molar-refractivity contribution in [2.75, 3.05) is 5.32 Å². The first kappa shape index (κ1) is 16.8. The molecule has 4 heterocycles. The van der Waals surface area contributed by atoms with Gasteiger partial charge in [0.15, 0.2) is 5.56 Å². The molecule has 27 heavy (non-hydrogen) atoms. The number of aromatic nitrogens is 2. The van der Waals surface area contributed by atoms with E-state index in [-0.39, 0.29) is 17.2 Å². The fraction of sp³-hybridized carbons (Fsp3) is 0.316. The summed E-state index contributed by atoms with van der Waals surface area (Å²) >= 11 is 7.72. The normalized spacial score (nSPS) is 23.6. The summed E-state index contributed by atoms with van der Waals surface area (Å²) in [5, 5.41) is 18.3. The standard InChI is InChI=1S/C19H16ClN5OS/c20-13-4-6-14-11(2-1-7-22-14)17(13)24-18-12(9-21)19(26)25(27-18)16-8-10-3-5-15(16)23-10/h1-2,4,6-7,10,15-16,23-24H,3,5,8H2/t10-,15-,16?/m0/s1. The quantitative estimate of drug-likeness (QED) is 0.702. The first-order valence-corrected chi connectivity index (χ1v) is 10.0. The zero-order valence-electron chi connectivity index (χ0n) is 14.3. The van der Waals surface area contributed by atoms with Crippen LogP contribution in [0.15, 0.2) is 35.3 Å². The third-order valence-corrected chi connectivity index (χ3v) is 6.92. The van der Waals surface area contributed by atoms with Crippen molar-refractivity contribution in [2.45, 2.75) is 37.4 Å². The molecule has 0 spiro atoms. The maximum absolute atomic E-state index is 12.9. The summed E-state index contributed by atoms with van der Waals surface area (Å²) < 4.78 is 1.76. The van der Waals surface area contributed by atoms with Crippen LogP contribution in [0.2, 0.25) is 5.02 Å². The minimum Gasteiger partial charge on any atom is -0.343 e. The molecule has 1 unspecified atom stereocenters. The van der Waals surface area contributed by atoms with Crippen molar-refractivity contribution in [3.8, 4) is 6.07 Å². The molecule has 0 radical (unpaired) electrons. The van der Waals surface area contributed by atoms with Gasteiger partial charge in [0.2, 0.25) is 0 Å². The van der Waals surface area contributed by atoms with Crippen molar-refractivity contribution in [1.82, 2.24) is 14.3 Å². The highest BCUT2D eigenvalue weighted by Crippen LogP contribution is 2.40. The summed E-state index contributed by atoms with van der Waals surface area (Å²) in [5.74, 6) is 0. The summed E-state index contributed by atoms with van der Waals surface area (Å²) in [6.45, 7) is 0. The molecule has 1 aromatic carbocycles. The van der Waals surface area contributed by atoms with Gasteiger partial charge >= 0.3 is 0 Å². The zero-order chi connectivity index (χ0) is 18.5. The van der Waals surface area contributed by atoms with Crippen LogP contribution in [0.4, 0.5) is 10.7 Å². The predicted octanol–water partition coefficient (Wildman–Crippen LogP) is 3.79. The summed E-state index contributed by atoms with van der Waals surface area (Å²) in [5.41, 5.74) is 1.38. The van der Waals surface area contributed by atoms with E-state index in [4.69, 9.17) is 11.6 Å². The van der Waals surface area contributed by atoms with Crippen LogP contribution in [0.25, 0.3) is 10.9 Å². The Balaban J connectivity index is 1.59. The third kappa shape index (κ3) is 2.64. The van der Waals surface area contributed by atoms with E-state index in [0.29, 0.717) is 27.8 Å². The number of halogens is 1. The van der Waals surface area contributed by atoms with Crippen molar-refractivity contribution in [3.63, 3.8) is 0 Å². The second kappa shape index (κ2) is 6.34. The molecule has 0 saturated carbocycles. The SMILES string of the molecule is N#Cc1c(Nc2c(Cl)ccc3ncccc23)sn(C2C[C@@H]3CC[C@@H]2N3)c1=O. The minimum atomic E-state index is -0.223. The highest BCUT2D eigenvalue weighted by molar-refractivity contribution is 7.11. The summed E-state index contributed by atoms with van der Waals surface area (Å²) in [4.78, 5) is 17.2. The molecule has 2 aliphatic rings. The van der Waals surface area contributed by atoms with E-state index < -0.39 is 0 Å². The van der Waals surface area contributed by atoms with E-state index >= 15 is 0 Å². The number of hydrogen-bond donors (Lipinski definition) is 2. The number of nitriles is 1. The highest BCUT2D eigenvalue weighted by Gasteiger charge is 2.41.